The van der Waals surface area contributed by atoms with E-state index in [4.69, 9.17) is 0 Å². The van der Waals surface area contributed by atoms with Crippen LogP contribution in [0.2, 0.25) is 0 Å². The first-order valence-corrected chi connectivity index (χ1v) is 7.31. The highest BCUT2D eigenvalue weighted by Crippen LogP contribution is 2.15. The van der Waals surface area contributed by atoms with Gasteiger partial charge in [0.1, 0.15) is 0 Å². The SMILES string of the molecule is Cc1ccc(NCC(=O)NNC(=O)c2ccc(=O)n(C)n2)c(C)c1. The van der Waals surface area contributed by atoms with Gasteiger partial charge in [-0.15, -0.1) is 0 Å². The summed E-state index contributed by atoms with van der Waals surface area (Å²) in [7, 11) is 1.44. The number of hydrogen-bond acceptors (Lipinski definition) is 5. The molecule has 8 nitrogen and oxygen atoms in total. The Morgan fingerprint density at radius 3 is 2.54 bits per heavy atom. The van der Waals surface area contributed by atoms with Crippen molar-refractivity contribution in [1.82, 2.24) is 20.6 Å². The number of anilines is 1. The molecule has 1 heterocycles. The monoisotopic (exact) mass is 329 g/mol. The Kier molecular flexibility index (Phi) is 5.31. The third-order valence-corrected chi connectivity index (χ3v) is 3.33. The highest BCUT2D eigenvalue weighted by Gasteiger charge is 2.10. The van der Waals surface area contributed by atoms with E-state index < -0.39 is 11.8 Å². The van der Waals surface area contributed by atoms with Crippen molar-refractivity contribution in [3.63, 3.8) is 0 Å². The molecule has 0 atom stereocenters. The van der Waals surface area contributed by atoms with Crippen molar-refractivity contribution in [2.45, 2.75) is 13.8 Å². The van der Waals surface area contributed by atoms with Crippen LogP contribution in [0.25, 0.3) is 0 Å². The Hall–Kier alpha value is -3.16. The van der Waals surface area contributed by atoms with Gasteiger partial charge in [-0.05, 0) is 31.5 Å². The van der Waals surface area contributed by atoms with Crippen LogP contribution in [-0.2, 0) is 11.8 Å². The van der Waals surface area contributed by atoms with Gasteiger partial charge in [-0.25, -0.2) is 4.68 Å². The Morgan fingerprint density at radius 2 is 1.88 bits per heavy atom. The lowest BCUT2D eigenvalue weighted by Gasteiger charge is -2.11. The summed E-state index contributed by atoms with van der Waals surface area (Å²) < 4.78 is 1.04. The first-order valence-electron chi connectivity index (χ1n) is 7.31. The van der Waals surface area contributed by atoms with E-state index in [0.717, 1.165) is 21.5 Å². The fraction of sp³-hybridized carbons (Fsp3) is 0.250. The van der Waals surface area contributed by atoms with Gasteiger partial charge in [0.2, 0.25) is 0 Å². The molecule has 0 aliphatic carbocycles. The maximum absolute atomic E-state index is 11.9. The predicted octanol–water partition coefficient (Wildman–Crippen LogP) is 0.270. The van der Waals surface area contributed by atoms with E-state index in [0.29, 0.717) is 0 Å². The molecule has 0 bridgehead atoms. The van der Waals surface area contributed by atoms with E-state index >= 15 is 0 Å². The molecule has 126 valence electrons. The second kappa shape index (κ2) is 7.40. The number of nitrogens with zero attached hydrogens (tertiary/aromatic N) is 2. The second-order valence-corrected chi connectivity index (χ2v) is 5.35. The molecule has 0 aliphatic heterocycles. The molecule has 0 spiro atoms. The number of nitrogens with one attached hydrogen (secondary N) is 3. The van der Waals surface area contributed by atoms with Crippen LogP contribution in [0.1, 0.15) is 21.6 Å². The third kappa shape index (κ3) is 4.42. The maximum atomic E-state index is 11.9. The molecule has 0 radical (unpaired) electrons. The van der Waals surface area contributed by atoms with Crippen molar-refractivity contribution in [2.24, 2.45) is 7.05 Å². The molecule has 8 heteroatoms. The van der Waals surface area contributed by atoms with Crippen LogP contribution in [0, 0.1) is 13.8 Å². The van der Waals surface area contributed by atoms with Gasteiger partial charge in [-0.3, -0.25) is 25.2 Å². The Morgan fingerprint density at radius 1 is 1.12 bits per heavy atom. The molecule has 1 aromatic heterocycles. The highest BCUT2D eigenvalue weighted by molar-refractivity contribution is 5.93. The van der Waals surface area contributed by atoms with Crippen molar-refractivity contribution >= 4 is 17.5 Å². The van der Waals surface area contributed by atoms with E-state index in [1.165, 1.54) is 19.2 Å². The van der Waals surface area contributed by atoms with Crippen molar-refractivity contribution in [3.8, 4) is 0 Å². The molecule has 2 rings (SSSR count). The summed E-state index contributed by atoms with van der Waals surface area (Å²) in [5.74, 6) is -1.02. The summed E-state index contributed by atoms with van der Waals surface area (Å²) >= 11 is 0. The number of hydrazine groups is 1. The van der Waals surface area contributed by atoms with E-state index in [1.54, 1.807) is 0 Å². The van der Waals surface area contributed by atoms with Crippen molar-refractivity contribution in [1.29, 1.82) is 0 Å². The number of rotatable bonds is 4. The van der Waals surface area contributed by atoms with E-state index in [-0.39, 0.29) is 17.8 Å². The Labute approximate surface area is 138 Å². The molecule has 3 N–H and O–H groups in total. The second-order valence-electron chi connectivity index (χ2n) is 5.35. The van der Waals surface area contributed by atoms with Crippen molar-refractivity contribution in [3.05, 3.63) is 57.5 Å². The van der Waals surface area contributed by atoms with Crippen molar-refractivity contribution < 1.29 is 9.59 Å². The lowest BCUT2D eigenvalue weighted by molar-refractivity contribution is -0.120. The van der Waals surface area contributed by atoms with Gasteiger partial charge >= 0.3 is 0 Å². The Bertz CT molecular complexity index is 829. The maximum Gasteiger partial charge on any atom is 0.290 e. The summed E-state index contributed by atoms with van der Waals surface area (Å²) in [5, 5.41) is 6.78. The molecular weight excluding hydrogens is 310 g/mol. The summed E-state index contributed by atoms with van der Waals surface area (Å²) in [6.45, 7) is 3.94. The van der Waals surface area contributed by atoms with Gasteiger partial charge in [0.25, 0.3) is 17.4 Å². The number of amides is 2. The normalized spacial score (nSPS) is 10.1. The van der Waals surface area contributed by atoms with Crippen LogP contribution in [0.15, 0.2) is 35.1 Å². The van der Waals surface area contributed by atoms with Crippen LogP contribution < -0.4 is 21.7 Å². The molecule has 2 amide bonds. The minimum atomic E-state index is -0.606. The van der Waals surface area contributed by atoms with E-state index in [9.17, 15) is 14.4 Å². The molecule has 1 aromatic carbocycles. The summed E-state index contributed by atoms with van der Waals surface area (Å²) in [6.07, 6.45) is 0. The van der Waals surface area contributed by atoms with Crippen LogP contribution in [0.4, 0.5) is 5.69 Å². The predicted molar refractivity (Wildman–Crippen MR) is 89.5 cm³/mol. The van der Waals surface area contributed by atoms with Crippen LogP contribution in [-0.4, -0.2) is 28.1 Å². The van der Waals surface area contributed by atoms with Gasteiger partial charge in [0, 0.05) is 18.8 Å². The topological polar surface area (TPSA) is 105 Å². The fourth-order valence-corrected chi connectivity index (χ4v) is 2.05. The standard InChI is InChI=1S/C16H19N5O3/c1-10-4-5-12(11(2)8-10)17-9-14(22)18-19-16(24)13-6-7-15(23)21(3)20-13/h4-8,17H,9H2,1-3H3,(H,18,22)(H,19,24). The smallest absolute Gasteiger partial charge is 0.290 e. The lowest BCUT2D eigenvalue weighted by Crippen LogP contribution is -2.44. The Balaban J connectivity index is 1.85. The first-order chi connectivity index (χ1) is 11.4. The molecule has 2 aromatic rings. The van der Waals surface area contributed by atoms with E-state index in [1.807, 2.05) is 32.0 Å². The number of aryl methyl sites for hydroxylation is 3. The molecule has 0 saturated heterocycles. The average molecular weight is 329 g/mol. The molecule has 0 aliphatic rings. The first kappa shape index (κ1) is 17.2. The number of hydrogen-bond donors (Lipinski definition) is 3. The minimum Gasteiger partial charge on any atom is -0.376 e. The summed E-state index contributed by atoms with van der Waals surface area (Å²) in [5.41, 5.74) is 7.25. The zero-order valence-corrected chi connectivity index (χ0v) is 13.7. The van der Waals surface area contributed by atoms with Crippen LogP contribution in [0.5, 0.6) is 0 Å². The molecule has 0 fully saturated rings. The molecule has 24 heavy (non-hydrogen) atoms. The van der Waals surface area contributed by atoms with Gasteiger partial charge in [0.15, 0.2) is 5.69 Å². The number of carbonyl (C=O) groups is 2. The van der Waals surface area contributed by atoms with Gasteiger partial charge in [-0.1, -0.05) is 17.7 Å². The van der Waals surface area contributed by atoms with Crippen LogP contribution in [0.3, 0.4) is 0 Å². The van der Waals surface area contributed by atoms with Crippen molar-refractivity contribution in [2.75, 3.05) is 11.9 Å². The number of carbonyl (C=O) groups excluding carboxylic acids is 2. The third-order valence-electron chi connectivity index (χ3n) is 3.33. The lowest BCUT2D eigenvalue weighted by atomic mass is 10.1. The molecule has 0 saturated carbocycles. The number of aromatic nitrogens is 2. The zero-order chi connectivity index (χ0) is 17.7. The summed E-state index contributed by atoms with van der Waals surface area (Å²) in [6, 6.07) is 8.36. The average Bonchev–Trinajstić information content (AvgIpc) is 2.54. The quantitative estimate of drug-likeness (QED) is 0.698. The van der Waals surface area contributed by atoms with E-state index in [2.05, 4.69) is 21.3 Å². The zero-order valence-electron chi connectivity index (χ0n) is 13.7. The number of benzene rings is 1. The largest absolute Gasteiger partial charge is 0.376 e. The van der Waals surface area contributed by atoms with Gasteiger partial charge in [0.05, 0.1) is 6.54 Å². The highest BCUT2D eigenvalue weighted by atomic mass is 16.2. The van der Waals surface area contributed by atoms with Crippen LogP contribution >= 0.6 is 0 Å². The molecule has 0 unspecified atom stereocenters. The summed E-state index contributed by atoms with van der Waals surface area (Å²) in [4.78, 5) is 34.9. The molecular formula is C16H19N5O3. The fourth-order valence-electron chi connectivity index (χ4n) is 2.05. The van der Waals surface area contributed by atoms with Gasteiger partial charge in [-0.2, -0.15) is 5.10 Å². The minimum absolute atomic E-state index is 0.00485. The van der Waals surface area contributed by atoms with Gasteiger partial charge < -0.3 is 5.32 Å².